The second-order valence-corrected chi connectivity index (χ2v) is 10.2. The van der Waals surface area contributed by atoms with Crippen LogP contribution in [0.1, 0.15) is 32.3 Å². The molecule has 0 bridgehead atoms. The van der Waals surface area contributed by atoms with Crippen molar-refractivity contribution in [3.05, 3.63) is 60.3 Å². The van der Waals surface area contributed by atoms with Gasteiger partial charge in [0, 0.05) is 48.8 Å². The Morgan fingerprint density at radius 3 is 2.76 bits per heavy atom. The number of carbonyl (C=O) groups excluding carboxylic acids is 1. The number of nitrogens with zero attached hydrogens (tertiary/aromatic N) is 2. The van der Waals surface area contributed by atoms with Gasteiger partial charge in [-0.3, -0.25) is 4.79 Å². The first-order valence-electron chi connectivity index (χ1n) is 11.5. The molecule has 1 aliphatic rings. The van der Waals surface area contributed by atoms with Gasteiger partial charge in [0.2, 0.25) is 15.9 Å². The van der Waals surface area contributed by atoms with E-state index in [2.05, 4.69) is 16.8 Å². The summed E-state index contributed by atoms with van der Waals surface area (Å²) in [6, 6.07) is 14.8. The SMILES string of the molecule is CCOc1ccccc1CNC(=O)[C@@H]1CCCN(S(=O)(=O)c2ccc3c(ccn3CC)c2)C1. The highest BCUT2D eigenvalue weighted by molar-refractivity contribution is 7.89. The molecular formula is C25H31N3O4S. The van der Waals surface area contributed by atoms with Gasteiger partial charge in [0.25, 0.3) is 0 Å². The number of para-hydroxylation sites is 1. The molecule has 0 radical (unpaired) electrons. The van der Waals surface area contributed by atoms with Crippen LogP contribution in [-0.2, 0) is 27.9 Å². The Hall–Kier alpha value is -2.84. The third-order valence-electron chi connectivity index (χ3n) is 6.20. The Morgan fingerprint density at radius 1 is 1.15 bits per heavy atom. The van der Waals surface area contributed by atoms with E-state index in [4.69, 9.17) is 4.74 Å². The van der Waals surface area contributed by atoms with Crippen molar-refractivity contribution in [3.63, 3.8) is 0 Å². The highest BCUT2D eigenvalue weighted by Crippen LogP contribution is 2.27. The predicted octanol–water partition coefficient (Wildman–Crippen LogP) is 3.78. The maximum atomic E-state index is 13.3. The molecule has 1 amide bonds. The van der Waals surface area contributed by atoms with Crippen molar-refractivity contribution >= 4 is 26.8 Å². The lowest BCUT2D eigenvalue weighted by molar-refractivity contribution is -0.126. The number of sulfonamides is 1. The molecular weight excluding hydrogens is 438 g/mol. The number of amides is 1. The molecule has 3 aromatic rings. The van der Waals surface area contributed by atoms with Crippen LogP contribution in [0, 0.1) is 5.92 Å². The first kappa shape index (κ1) is 23.3. The van der Waals surface area contributed by atoms with E-state index in [-0.39, 0.29) is 23.3 Å². The largest absolute Gasteiger partial charge is 0.494 e. The van der Waals surface area contributed by atoms with Gasteiger partial charge >= 0.3 is 0 Å². The number of benzene rings is 2. The zero-order chi connectivity index (χ0) is 23.4. The number of piperidine rings is 1. The first-order chi connectivity index (χ1) is 15.9. The van der Waals surface area contributed by atoms with Gasteiger partial charge in [-0.15, -0.1) is 0 Å². The molecule has 1 atom stereocenters. The Bertz CT molecular complexity index is 1240. The molecule has 4 rings (SSSR count). The molecule has 0 saturated carbocycles. The summed E-state index contributed by atoms with van der Waals surface area (Å²) in [6.07, 6.45) is 3.29. The van der Waals surface area contributed by atoms with Crippen LogP contribution in [0.5, 0.6) is 5.75 Å². The molecule has 0 aliphatic carbocycles. The summed E-state index contributed by atoms with van der Waals surface area (Å²) >= 11 is 0. The van der Waals surface area contributed by atoms with E-state index in [0.29, 0.717) is 32.5 Å². The van der Waals surface area contributed by atoms with E-state index < -0.39 is 10.0 Å². The van der Waals surface area contributed by atoms with E-state index in [1.807, 2.05) is 49.5 Å². The lowest BCUT2D eigenvalue weighted by atomic mass is 9.98. The summed E-state index contributed by atoms with van der Waals surface area (Å²) in [6.45, 7) is 6.32. The fourth-order valence-corrected chi connectivity index (χ4v) is 5.97. The Balaban J connectivity index is 1.45. The molecule has 7 nitrogen and oxygen atoms in total. The van der Waals surface area contributed by atoms with Crippen molar-refractivity contribution in [1.29, 1.82) is 0 Å². The van der Waals surface area contributed by atoms with Crippen molar-refractivity contribution in [2.24, 2.45) is 5.92 Å². The van der Waals surface area contributed by atoms with E-state index in [1.54, 1.807) is 12.1 Å². The number of fused-ring (bicyclic) bond motifs is 1. The number of aryl methyl sites for hydroxylation is 1. The number of ether oxygens (including phenoxy) is 1. The van der Waals surface area contributed by atoms with Gasteiger partial charge in [-0.2, -0.15) is 4.31 Å². The average molecular weight is 470 g/mol. The number of aromatic nitrogens is 1. The number of hydrogen-bond donors (Lipinski definition) is 1. The van der Waals surface area contributed by atoms with Crippen molar-refractivity contribution in [2.75, 3.05) is 19.7 Å². The minimum absolute atomic E-state index is 0.128. The molecule has 1 N–H and O–H groups in total. The third-order valence-corrected chi connectivity index (χ3v) is 8.06. The monoisotopic (exact) mass is 469 g/mol. The average Bonchev–Trinajstić information content (AvgIpc) is 3.26. The predicted molar refractivity (Wildman–Crippen MR) is 129 cm³/mol. The van der Waals surface area contributed by atoms with E-state index in [0.717, 1.165) is 28.8 Å². The second-order valence-electron chi connectivity index (χ2n) is 8.28. The smallest absolute Gasteiger partial charge is 0.243 e. The molecule has 1 aromatic heterocycles. The summed E-state index contributed by atoms with van der Waals surface area (Å²) in [7, 11) is -3.67. The van der Waals surface area contributed by atoms with E-state index in [9.17, 15) is 13.2 Å². The second kappa shape index (κ2) is 9.97. The van der Waals surface area contributed by atoms with Gasteiger partial charge in [0.05, 0.1) is 17.4 Å². The van der Waals surface area contributed by atoms with Crippen LogP contribution < -0.4 is 10.1 Å². The molecule has 0 spiro atoms. The van der Waals surface area contributed by atoms with Crippen LogP contribution in [0.4, 0.5) is 0 Å². The van der Waals surface area contributed by atoms with Gasteiger partial charge in [0.1, 0.15) is 5.75 Å². The van der Waals surface area contributed by atoms with Crippen molar-refractivity contribution in [3.8, 4) is 5.75 Å². The molecule has 33 heavy (non-hydrogen) atoms. The molecule has 2 heterocycles. The van der Waals surface area contributed by atoms with Crippen LogP contribution in [0.3, 0.4) is 0 Å². The van der Waals surface area contributed by atoms with Crippen LogP contribution >= 0.6 is 0 Å². The maximum absolute atomic E-state index is 13.3. The Morgan fingerprint density at radius 2 is 1.97 bits per heavy atom. The van der Waals surface area contributed by atoms with Gasteiger partial charge in [-0.25, -0.2) is 8.42 Å². The van der Waals surface area contributed by atoms with Gasteiger partial charge in [-0.1, -0.05) is 18.2 Å². The normalized spacial score (nSPS) is 17.2. The molecule has 2 aromatic carbocycles. The van der Waals surface area contributed by atoms with Crippen molar-refractivity contribution in [2.45, 2.75) is 44.7 Å². The summed E-state index contributed by atoms with van der Waals surface area (Å²) in [5.74, 6) is 0.245. The highest BCUT2D eigenvalue weighted by atomic mass is 32.2. The number of hydrogen-bond acceptors (Lipinski definition) is 4. The Labute approximate surface area is 195 Å². The van der Waals surface area contributed by atoms with Crippen LogP contribution in [0.25, 0.3) is 10.9 Å². The lowest BCUT2D eigenvalue weighted by Gasteiger charge is -2.31. The van der Waals surface area contributed by atoms with Crippen molar-refractivity contribution < 1.29 is 17.9 Å². The highest BCUT2D eigenvalue weighted by Gasteiger charge is 2.33. The zero-order valence-corrected chi connectivity index (χ0v) is 20.0. The summed E-state index contributed by atoms with van der Waals surface area (Å²) in [5.41, 5.74) is 1.92. The summed E-state index contributed by atoms with van der Waals surface area (Å²) in [4.78, 5) is 13.2. The molecule has 176 valence electrons. The van der Waals surface area contributed by atoms with Crippen LogP contribution in [0.15, 0.2) is 59.6 Å². The van der Waals surface area contributed by atoms with Crippen LogP contribution in [-0.4, -0.2) is 42.9 Å². The minimum atomic E-state index is -3.67. The van der Waals surface area contributed by atoms with Crippen LogP contribution in [0.2, 0.25) is 0 Å². The van der Waals surface area contributed by atoms with Gasteiger partial charge in [-0.05, 0) is 57.0 Å². The van der Waals surface area contributed by atoms with E-state index >= 15 is 0 Å². The molecule has 0 unspecified atom stereocenters. The van der Waals surface area contributed by atoms with Crippen molar-refractivity contribution in [1.82, 2.24) is 14.2 Å². The van der Waals surface area contributed by atoms with E-state index in [1.165, 1.54) is 4.31 Å². The van der Waals surface area contributed by atoms with Gasteiger partial charge < -0.3 is 14.6 Å². The number of carbonyl (C=O) groups is 1. The Kier molecular flexibility index (Phi) is 7.05. The number of rotatable bonds is 8. The fourth-order valence-electron chi connectivity index (χ4n) is 4.41. The summed E-state index contributed by atoms with van der Waals surface area (Å²) in [5, 5.41) is 3.87. The quantitative estimate of drug-likeness (QED) is 0.545. The standard InChI is InChI=1S/C25H31N3O4S/c1-3-27-15-13-19-16-22(11-12-23(19)27)33(30,31)28-14-7-9-21(18-28)25(29)26-17-20-8-5-6-10-24(20)32-4-2/h5-6,8,10-13,15-16,21H,3-4,7,9,14,17-18H2,1-2H3,(H,26,29)/t21-/m1/s1. The third kappa shape index (κ3) is 4.91. The van der Waals surface area contributed by atoms with Gasteiger partial charge in [0.15, 0.2) is 0 Å². The molecule has 1 saturated heterocycles. The molecule has 1 fully saturated rings. The number of nitrogens with one attached hydrogen (secondary N) is 1. The minimum Gasteiger partial charge on any atom is -0.494 e. The maximum Gasteiger partial charge on any atom is 0.243 e. The molecule has 8 heteroatoms. The first-order valence-corrected chi connectivity index (χ1v) is 13.0. The summed E-state index contributed by atoms with van der Waals surface area (Å²) < 4.78 is 35.8. The zero-order valence-electron chi connectivity index (χ0n) is 19.2. The molecule has 1 aliphatic heterocycles. The lowest BCUT2D eigenvalue weighted by Crippen LogP contribution is -2.45. The fraction of sp³-hybridized carbons (Fsp3) is 0.400. The topological polar surface area (TPSA) is 80.6 Å².